The molecule has 0 spiro atoms. The highest BCUT2D eigenvalue weighted by atomic mass is 16.5. The van der Waals surface area contributed by atoms with Crippen LogP contribution in [0.4, 0.5) is 0 Å². The summed E-state index contributed by atoms with van der Waals surface area (Å²) in [6, 6.07) is 1.88. The molecule has 1 saturated heterocycles. The van der Waals surface area contributed by atoms with Gasteiger partial charge in [0.25, 0.3) is 5.91 Å². The second-order valence-electron chi connectivity index (χ2n) is 8.16. The molecule has 3 rings (SSSR count). The van der Waals surface area contributed by atoms with Gasteiger partial charge in [-0.05, 0) is 38.1 Å². The van der Waals surface area contributed by atoms with Crippen LogP contribution in [0.5, 0.6) is 0 Å². The van der Waals surface area contributed by atoms with Crippen molar-refractivity contribution in [1.29, 1.82) is 5.41 Å². The van der Waals surface area contributed by atoms with Crippen molar-refractivity contribution in [2.45, 2.75) is 26.0 Å². The van der Waals surface area contributed by atoms with Crippen LogP contribution < -0.4 is 10.6 Å². The Labute approximate surface area is 183 Å². The summed E-state index contributed by atoms with van der Waals surface area (Å²) in [5, 5.41) is 18.4. The smallest absolute Gasteiger partial charge is 0.268 e. The van der Waals surface area contributed by atoms with Gasteiger partial charge in [0.1, 0.15) is 18.1 Å². The lowest BCUT2D eigenvalue weighted by Gasteiger charge is -2.40. The normalized spacial score (nSPS) is 19.1. The molecule has 1 fully saturated rings. The van der Waals surface area contributed by atoms with Gasteiger partial charge in [0, 0.05) is 51.0 Å². The largest absolute Gasteiger partial charge is 0.487 e. The molecule has 2 aliphatic rings. The Kier molecular flexibility index (Phi) is 7.29. The number of nitrogens with one attached hydrogen (secondary N) is 3. The van der Waals surface area contributed by atoms with E-state index >= 15 is 0 Å². The summed E-state index contributed by atoms with van der Waals surface area (Å²) in [7, 11) is 3.54. The van der Waals surface area contributed by atoms with E-state index in [1.165, 1.54) is 0 Å². The predicted octanol–water partition coefficient (Wildman–Crippen LogP) is 1.11. The summed E-state index contributed by atoms with van der Waals surface area (Å²) in [6.07, 6.45) is 6.80. The topological polar surface area (TPSA) is 104 Å². The number of likely N-dealkylation sites (N-methyl/N-ethyl adjacent to an activating group) is 1. The highest BCUT2D eigenvalue weighted by Crippen LogP contribution is 2.19. The lowest BCUT2D eigenvalue weighted by molar-refractivity contribution is -0.118. The Hall–Kier alpha value is -2.91. The van der Waals surface area contributed by atoms with Crippen LogP contribution in [0.15, 0.2) is 47.5 Å². The van der Waals surface area contributed by atoms with Crippen molar-refractivity contribution in [1.82, 2.24) is 25.3 Å². The molecule has 3 N–H and O–H groups in total. The maximum atomic E-state index is 13.0. The molecule has 0 bridgehead atoms. The summed E-state index contributed by atoms with van der Waals surface area (Å²) in [5.41, 5.74) is 1.81. The average Bonchev–Trinajstić information content (AvgIpc) is 3.18. The third-order valence-corrected chi connectivity index (χ3v) is 5.60. The quantitative estimate of drug-likeness (QED) is 0.536. The van der Waals surface area contributed by atoms with Gasteiger partial charge in [-0.25, -0.2) is 0 Å². The van der Waals surface area contributed by atoms with Gasteiger partial charge in [0.15, 0.2) is 0 Å². The monoisotopic (exact) mass is 428 g/mol. The fourth-order valence-electron chi connectivity index (χ4n) is 3.56. The van der Waals surface area contributed by atoms with Crippen LogP contribution in [-0.2, 0) is 27.9 Å². The summed E-state index contributed by atoms with van der Waals surface area (Å²) in [6.45, 7) is 8.17. The second-order valence-corrected chi connectivity index (χ2v) is 8.16. The van der Waals surface area contributed by atoms with E-state index in [0.717, 1.165) is 18.8 Å². The van der Waals surface area contributed by atoms with Crippen molar-refractivity contribution in [3.05, 3.63) is 53.2 Å². The van der Waals surface area contributed by atoms with Crippen LogP contribution in [0, 0.1) is 5.41 Å². The molecule has 0 atom stereocenters. The number of hydrogen-bond donors (Lipinski definition) is 3. The third-order valence-electron chi connectivity index (χ3n) is 5.60. The lowest BCUT2D eigenvalue weighted by atomic mass is 10.00. The first-order chi connectivity index (χ1) is 14.8. The molecule has 0 unspecified atom stereocenters. The van der Waals surface area contributed by atoms with Gasteiger partial charge >= 0.3 is 0 Å². The molecule has 1 aromatic heterocycles. The van der Waals surface area contributed by atoms with Gasteiger partial charge < -0.3 is 25.5 Å². The molecule has 1 aliphatic carbocycles. The molecule has 0 aromatic carbocycles. The van der Waals surface area contributed by atoms with Gasteiger partial charge in [-0.3, -0.25) is 14.4 Å². The zero-order valence-electron chi connectivity index (χ0n) is 18.7. The van der Waals surface area contributed by atoms with Crippen LogP contribution >= 0.6 is 0 Å². The lowest BCUT2D eigenvalue weighted by Crippen LogP contribution is -2.55. The molecule has 9 heteroatoms. The van der Waals surface area contributed by atoms with E-state index in [4.69, 9.17) is 14.9 Å². The first-order valence-corrected chi connectivity index (χ1v) is 10.4. The number of rotatable bonds is 8. The third kappa shape index (κ3) is 5.62. The van der Waals surface area contributed by atoms with Crippen LogP contribution in [0.3, 0.4) is 0 Å². The van der Waals surface area contributed by atoms with E-state index in [1.54, 1.807) is 36.2 Å². The maximum absolute atomic E-state index is 13.0. The molecule has 0 radical (unpaired) electrons. The number of carbonyl (C=O) groups is 1. The highest BCUT2D eigenvalue weighted by molar-refractivity contribution is 6.14. The fraction of sp³-hybridized carbons (Fsp3) is 0.500. The molecule has 31 heavy (non-hydrogen) atoms. The first kappa shape index (κ1) is 22.8. The number of aromatic nitrogens is 2. The van der Waals surface area contributed by atoms with Crippen LogP contribution in [0.2, 0.25) is 0 Å². The Morgan fingerprint density at radius 3 is 2.71 bits per heavy atom. The van der Waals surface area contributed by atoms with E-state index in [1.807, 2.05) is 13.1 Å². The molecule has 1 amide bonds. The second kappa shape index (κ2) is 9.93. The molecule has 9 nitrogen and oxygen atoms in total. The van der Waals surface area contributed by atoms with Gasteiger partial charge in [-0.15, -0.1) is 0 Å². The summed E-state index contributed by atoms with van der Waals surface area (Å²) in [4.78, 5) is 15.3. The SMILES string of the molecule is CN/C(C(=O)NCC(C)(C)N1CCOCC1)=C1/C=C(OCc2ccnn2C)C=CC1=N. The van der Waals surface area contributed by atoms with Gasteiger partial charge in [0.05, 0.1) is 24.6 Å². The Morgan fingerprint density at radius 1 is 1.32 bits per heavy atom. The standard InChI is InChI=1S/C22H32N6O3/c1-22(2,28-9-11-30-12-10-28)15-25-21(29)20(24-3)18-13-17(5-6-19(18)23)31-14-16-7-8-26-27(16)4/h5-8,13,23-24H,9-12,14-15H2,1-4H3,(H,25,29)/b20-18-,23-19?. The van der Waals surface area contributed by atoms with E-state index in [9.17, 15) is 4.79 Å². The Balaban J connectivity index is 1.69. The van der Waals surface area contributed by atoms with Crippen molar-refractivity contribution >= 4 is 11.6 Å². The van der Waals surface area contributed by atoms with Crippen molar-refractivity contribution in [3.8, 4) is 0 Å². The highest BCUT2D eigenvalue weighted by Gasteiger charge is 2.29. The van der Waals surface area contributed by atoms with E-state index in [0.29, 0.717) is 43.4 Å². The van der Waals surface area contributed by atoms with E-state index in [2.05, 4.69) is 34.5 Å². The zero-order chi connectivity index (χ0) is 22.4. The van der Waals surface area contributed by atoms with Gasteiger partial charge in [0.2, 0.25) is 0 Å². The summed E-state index contributed by atoms with van der Waals surface area (Å²) >= 11 is 0. The van der Waals surface area contributed by atoms with Crippen LogP contribution in [0.25, 0.3) is 0 Å². The minimum atomic E-state index is -0.249. The number of ether oxygens (including phenoxy) is 2. The van der Waals surface area contributed by atoms with Crippen LogP contribution in [-0.4, -0.2) is 71.7 Å². The average molecular weight is 429 g/mol. The number of allylic oxidation sites excluding steroid dienone is 4. The number of nitrogens with zero attached hydrogens (tertiary/aromatic N) is 3. The summed E-state index contributed by atoms with van der Waals surface area (Å²) in [5.74, 6) is 0.336. The fourth-order valence-corrected chi connectivity index (χ4v) is 3.56. The van der Waals surface area contributed by atoms with Crippen molar-refractivity contribution < 1.29 is 14.3 Å². The zero-order valence-corrected chi connectivity index (χ0v) is 18.7. The molecule has 1 aliphatic heterocycles. The molecule has 2 heterocycles. The Morgan fingerprint density at radius 2 is 2.06 bits per heavy atom. The van der Waals surface area contributed by atoms with Crippen molar-refractivity contribution in [2.75, 3.05) is 39.9 Å². The number of amides is 1. The van der Waals surface area contributed by atoms with Crippen molar-refractivity contribution in [3.63, 3.8) is 0 Å². The minimum Gasteiger partial charge on any atom is -0.487 e. The number of morpholine rings is 1. The first-order valence-electron chi connectivity index (χ1n) is 10.4. The summed E-state index contributed by atoms with van der Waals surface area (Å²) < 4.78 is 13.0. The number of carbonyl (C=O) groups excluding carboxylic acids is 1. The Bertz CT molecular complexity index is 906. The molecule has 1 aromatic rings. The predicted molar refractivity (Wildman–Crippen MR) is 119 cm³/mol. The van der Waals surface area contributed by atoms with Crippen LogP contribution in [0.1, 0.15) is 19.5 Å². The maximum Gasteiger partial charge on any atom is 0.268 e. The van der Waals surface area contributed by atoms with Crippen molar-refractivity contribution in [2.24, 2.45) is 7.05 Å². The molecular formula is C22H32N6O3. The minimum absolute atomic E-state index is 0.198. The number of aryl methyl sites for hydroxylation is 1. The van der Waals surface area contributed by atoms with E-state index in [-0.39, 0.29) is 17.2 Å². The van der Waals surface area contributed by atoms with E-state index < -0.39 is 0 Å². The molecular weight excluding hydrogens is 396 g/mol. The van der Waals surface area contributed by atoms with Gasteiger partial charge in [-0.1, -0.05) is 0 Å². The number of hydrogen-bond acceptors (Lipinski definition) is 7. The van der Waals surface area contributed by atoms with Gasteiger partial charge in [-0.2, -0.15) is 5.10 Å². The molecule has 0 saturated carbocycles. The molecule has 168 valence electrons.